The summed E-state index contributed by atoms with van der Waals surface area (Å²) < 4.78 is 27.6. The van der Waals surface area contributed by atoms with Gasteiger partial charge >= 0.3 is 5.97 Å². The average molecular weight is 479 g/mol. The molecule has 7 nitrogen and oxygen atoms in total. The van der Waals surface area contributed by atoms with Gasteiger partial charge in [-0.15, -0.1) is 0 Å². The second kappa shape index (κ2) is 8.85. The van der Waals surface area contributed by atoms with E-state index in [1.807, 2.05) is 0 Å². The van der Waals surface area contributed by atoms with Crippen LogP contribution in [-0.4, -0.2) is 25.7 Å². The fraction of sp³-hybridized carbons (Fsp3) is 0.154. The molecule has 2 aliphatic rings. The number of ether oxygens (including phenoxy) is 5. The first-order valence-corrected chi connectivity index (χ1v) is 10.8. The van der Waals surface area contributed by atoms with Crippen LogP contribution in [-0.2, 0) is 11.3 Å². The molecule has 3 aromatic carbocycles. The van der Waals surface area contributed by atoms with Gasteiger partial charge in [0.2, 0.25) is 5.78 Å². The SMILES string of the molecule is COc1cccc(C(=O)Oc2ccc3c(c2C)O/C(=C\c2cc(Cl)cc4c2OCOC4)C3=O)c1. The number of Topliss-reactive ketones (excluding diaryl/α,β-unsaturated/α-hetero) is 1. The molecule has 3 aromatic rings. The highest BCUT2D eigenvalue weighted by Crippen LogP contribution is 2.41. The van der Waals surface area contributed by atoms with E-state index in [1.54, 1.807) is 61.5 Å². The van der Waals surface area contributed by atoms with E-state index in [2.05, 4.69) is 0 Å². The number of ketones is 1. The van der Waals surface area contributed by atoms with Crippen LogP contribution in [0.2, 0.25) is 5.02 Å². The molecule has 0 amide bonds. The van der Waals surface area contributed by atoms with E-state index in [0.29, 0.717) is 56.9 Å². The van der Waals surface area contributed by atoms with Gasteiger partial charge in [-0.05, 0) is 55.5 Å². The first-order valence-electron chi connectivity index (χ1n) is 10.4. The van der Waals surface area contributed by atoms with E-state index >= 15 is 0 Å². The van der Waals surface area contributed by atoms with Crippen LogP contribution in [0.5, 0.6) is 23.0 Å². The summed E-state index contributed by atoms with van der Waals surface area (Å²) in [4.78, 5) is 25.7. The Kier molecular flexibility index (Phi) is 5.73. The molecule has 0 spiro atoms. The van der Waals surface area contributed by atoms with Crippen LogP contribution in [0.1, 0.15) is 37.4 Å². The number of benzene rings is 3. The fourth-order valence-electron chi connectivity index (χ4n) is 3.84. The molecule has 0 radical (unpaired) electrons. The molecule has 0 atom stereocenters. The van der Waals surface area contributed by atoms with E-state index in [4.69, 9.17) is 35.3 Å². The maximum atomic E-state index is 13.0. The predicted octanol–water partition coefficient (Wildman–Crippen LogP) is 5.36. The Labute approximate surface area is 200 Å². The maximum absolute atomic E-state index is 13.0. The highest BCUT2D eigenvalue weighted by Gasteiger charge is 2.31. The van der Waals surface area contributed by atoms with Gasteiger partial charge < -0.3 is 23.7 Å². The van der Waals surface area contributed by atoms with Crippen molar-refractivity contribution in [2.24, 2.45) is 0 Å². The average Bonchev–Trinajstić information content (AvgIpc) is 3.16. The molecular formula is C26H19ClO7. The van der Waals surface area contributed by atoms with Crippen LogP contribution in [0.25, 0.3) is 6.08 Å². The summed E-state index contributed by atoms with van der Waals surface area (Å²) in [5.74, 6) is 1.06. The summed E-state index contributed by atoms with van der Waals surface area (Å²) in [5.41, 5.74) is 2.65. The Morgan fingerprint density at radius 3 is 2.79 bits per heavy atom. The Bertz CT molecular complexity index is 1360. The van der Waals surface area contributed by atoms with Gasteiger partial charge in [-0.2, -0.15) is 0 Å². The minimum Gasteiger partial charge on any atom is -0.497 e. The molecule has 0 N–H and O–H groups in total. The van der Waals surface area contributed by atoms with E-state index in [1.165, 1.54) is 7.11 Å². The molecule has 0 aromatic heterocycles. The van der Waals surface area contributed by atoms with E-state index in [-0.39, 0.29) is 18.3 Å². The second-order valence-corrected chi connectivity index (χ2v) is 8.16. The number of carbonyl (C=O) groups is 2. The molecule has 0 fully saturated rings. The van der Waals surface area contributed by atoms with Crippen LogP contribution >= 0.6 is 11.6 Å². The molecule has 172 valence electrons. The molecule has 34 heavy (non-hydrogen) atoms. The lowest BCUT2D eigenvalue weighted by Crippen LogP contribution is -2.12. The number of esters is 1. The number of hydrogen-bond donors (Lipinski definition) is 0. The zero-order chi connectivity index (χ0) is 23.8. The van der Waals surface area contributed by atoms with E-state index in [9.17, 15) is 9.59 Å². The standard InChI is InChI=1S/C26H19ClO7/c1-14-21(34-26(29)15-4-3-5-19(10-15)30-2)7-6-20-23(28)22(33-24(14)20)11-16-8-18(27)9-17-12-31-13-32-25(16)17/h3-11H,12-13H2,1-2H3/b22-11-. The number of allylic oxidation sites excluding steroid dienone is 1. The summed E-state index contributed by atoms with van der Waals surface area (Å²) in [6, 6.07) is 13.3. The number of rotatable bonds is 4. The van der Waals surface area contributed by atoms with Crippen LogP contribution < -0.4 is 18.9 Å². The lowest BCUT2D eigenvalue weighted by atomic mass is 10.0. The molecule has 0 aliphatic carbocycles. The zero-order valence-corrected chi connectivity index (χ0v) is 19.1. The smallest absolute Gasteiger partial charge is 0.343 e. The Morgan fingerprint density at radius 1 is 1.12 bits per heavy atom. The summed E-state index contributed by atoms with van der Waals surface area (Å²) >= 11 is 6.23. The van der Waals surface area contributed by atoms with Crippen LogP contribution in [0.4, 0.5) is 0 Å². The first kappa shape index (κ1) is 22.0. The summed E-state index contributed by atoms with van der Waals surface area (Å²) in [7, 11) is 1.52. The topological polar surface area (TPSA) is 80.3 Å². The molecule has 0 saturated heterocycles. The van der Waals surface area contributed by atoms with Crippen molar-refractivity contribution in [3.63, 3.8) is 0 Å². The third kappa shape index (κ3) is 4.00. The fourth-order valence-corrected chi connectivity index (χ4v) is 4.09. The minimum absolute atomic E-state index is 0.112. The Morgan fingerprint density at radius 2 is 1.97 bits per heavy atom. The highest BCUT2D eigenvalue weighted by molar-refractivity contribution is 6.31. The van der Waals surface area contributed by atoms with Gasteiger partial charge in [0, 0.05) is 21.7 Å². The molecule has 2 aliphatic heterocycles. The largest absolute Gasteiger partial charge is 0.497 e. The maximum Gasteiger partial charge on any atom is 0.343 e. The number of methoxy groups -OCH3 is 1. The van der Waals surface area contributed by atoms with Crippen molar-refractivity contribution in [1.29, 1.82) is 0 Å². The Hall–Kier alpha value is -3.81. The van der Waals surface area contributed by atoms with Crippen molar-refractivity contribution in [3.8, 4) is 23.0 Å². The zero-order valence-electron chi connectivity index (χ0n) is 18.3. The monoisotopic (exact) mass is 478 g/mol. The van der Waals surface area contributed by atoms with Gasteiger partial charge in [0.05, 0.1) is 24.8 Å². The summed E-state index contributed by atoms with van der Waals surface area (Å²) in [5, 5.41) is 0.491. The van der Waals surface area contributed by atoms with Crippen molar-refractivity contribution >= 4 is 29.4 Å². The van der Waals surface area contributed by atoms with E-state index < -0.39 is 5.97 Å². The number of fused-ring (bicyclic) bond motifs is 2. The van der Waals surface area contributed by atoms with Crippen LogP contribution in [0.15, 0.2) is 54.3 Å². The van der Waals surface area contributed by atoms with Crippen molar-refractivity contribution in [3.05, 3.63) is 87.1 Å². The van der Waals surface area contributed by atoms with Gasteiger partial charge in [-0.25, -0.2) is 4.79 Å². The predicted molar refractivity (Wildman–Crippen MR) is 124 cm³/mol. The molecule has 2 heterocycles. The van der Waals surface area contributed by atoms with Crippen molar-refractivity contribution in [2.45, 2.75) is 13.5 Å². The third-order valence-corrected chi connectivity index (χ3v) is 5.75. The summed E-state index contributed by atoms with van der Waals surface area (Å²) in [6.45, 7) is 2.20. The van der Waals surface area contributed by atoms with Crippen molar-refractivity contribution < 1.29 is 33.3 Å². The van der Waals surface area contributed by atoms with Crippen molar-refractivity contribution in [2.75, 3.05) is 13.9 Å². The molecule has 0 bridgehead atoms. The second-order valence-electron chi connectivity index (χ2n) is 7.72. The van der Waals surface area contributed by atoms with Crippen LogP contribution in [0, 0.1) is 6.92 Å². The van der Waals surface area contributed by atoms with Gasteiger partial charge in [-0.1, -0.05) is 17.7 Å². The van der Waals surface area contributed by atoms with Crippen LogP contribution in [0.3, 0.4) is 0 Å². The van der Waals surface area contributed by atoms with E-state index in [0.717, 1.165) is 5.56 Å². The highest BCUT2D eigenvalue weighted by atomic mass is 35.5. The van der Waals surface area contributed by atoms with Gasteiger partial charge in [0.15, 0.2) is 12.6 Å². The van der Waals surface area contributed by atoms with Gasteiger partial charge in [0.25, 0.3) is 0 Å². The number of carbonyl (C=O) groups excluding carboxylic acids is 2. The minimum atomic E-state index is -0.549. The van der Waals surface area contributed by atoms with Gasteiger partial charge in [0.1, 0.15) is 23.0 Å². The molecular weight excluding hydrogens is 460 g/mol. The third-order valence-electron chi connectivity index (χ3n) is 5.53. The Balaban J connectivity index is 1.44. The first-order chi connectivity index (χ1) is 16.4. The summed E-state index contributed by atoms with van der Waals surface area (Å²) in [6.07, 6.45) is 1.60. The van der Waals surface area contributed by atoms with Crippen molar-refractivity contribution in [1.82, 2.24) is 0 Å². The number of halogens is 1. The lowest BCUT2D eigenvalue weighted by molar-refractivity contribution is -0.0165. The molecule has 0 unspecified atom stereocenters. The molecule has 5 rings (SSSR count). The normalized spacial score (nSPS) is 15.3. The van der Waals surface area contributed by atoms with Gasteiger partial charge in [-0.3, -0.25) is 4.79 Å². The molecule has 0 saturated carbocycles. The lowest BCUT2D eigenvalue weighted by Gasteiger charge is -2.20. The molecule has 8 heteroatoms. The number of hydrogen-bond acceptors (Lipinski definition) is 7. The quantitative estimate of drug-likeness (QED) is 0.284.